The Balaban J connectivity index is 2.13. The number of carboxylic acid groups (broad SMARTS) is 1. The Morgan fingerprint density at radius 1 is 1.13 bits per heavy atom. The number of anilines is 1. The average molecular weight is 313 g/mol. The zero-order chi connectivity index (χ0) is 16.8. The summed E-state index contributed by atoms with van der Waals surface area (Å²) in [7, 11) is 0. The average Bonchev–Trinajstić information content (AvgIpc) is 2.55. The molecule has 0 heterocycles. The van der Waals surface area contributed by atoms with E-state index in [1.807, 2.05) is 6.92 Å². The second kappa shape index (κ2) is 7.45. The fourth-order valence-corrected chi connectivity index (χ4v) is 2.12. The van der Waals surface area contributed by atoms with E-state index in [0.717, 1.165) is 6.42 Å². The highest BCUT2D eigenvalue weighted by molar-refractivity contribution is 6.05. The molecule has 1 amide bonds. The van der Waals surface area contributed by atoms with Crippen LogP contribution in [0.15, 0.2) is 42.5 Å². The highest BCUT2D eigenvalue weighted by Crippen LogP contribution is 2.20. The summed E-state index contributed by atoms with van der Waals surface area (Å²) >= 11 is 0. The van der Waals surface area contributed by atoms with Crippen molar-refractivity contribution in [2.24, 2.45) is 0 Å². The molecule has 0 aliphatic carbocycles. The minimum atomic E-state index is -1.02. The second-order valence-corrected chi connectivity index (χ2v) is 5.11. The number of aromatic carboxylic acids is 1. The topological polar surface area (TPSA) is 75.6 Å². The van der Waals surface area contributed by atoms with Gasteiger partial charge in [0.25, 0.3) is 5.91 Å². The van der Waals surface area contributed by atoms with Crippen LogP contribution in [-0.2, 0) is 0 Å². The molecule has 0 unspecified atom stereocenters. The maximum atomic E-state index is 12.3. The van der Waals surface area contributed by atoms with Crippen molar-refractivity contribution in [3.8, 4) is 5.75 Å². The number of carbonyl (C=O) groups is 2. The summed E-state index contributed by atoms with van der Waals surface area (Å²) in [4.78, 5) is 23.4. The van der Waals surface area contributed by atoms with E-state index in [9.17, 15) is 9.59 Å². The molecule has 5 heteroatoms. The number of benzene rings is 2. The van der Waals surface area contributed by atoms with E-state index < -0.39 is 5.97 Å². The molecule has 0 aromatic heterocycles. The van der Waals surface area contributed by atoms with Gasteiger partial charge in [-0.15, -0.1) is 0 Å². The lowest BCUT2D eigenvalue weighted by molar-refractivity contribution is 0.0695. The van der Waals surface area contributed by atoms with Crippen molar-refractivity contribution in [2.75, 3.05) is 11.9 Å². The number of carboxylic acids is 1. The van der Waals surface area contributed by atoms with Crippen molar-refractivity contribution < 1.29 is 19.4 Å². The Labute approximate surface area is 134 Å². The normalized spacial score (nSPS) is 10.2. The van der Waals surface area contributed by atoms with Crippen molar-refractivity contribution in [3.05, 3.63) is 59.2 Å². The summed E-state index contributed by atoms with van der Waals surface area (Å²) in [6.07, 6.45) is 0.918. The molecule has 0 fully saturated rings. The number of rotatable bonds is 6. The van der Waals surface area contributed by atoms with E-state index in [1.165, 1.54) is 6.07 Å². The molecule has 0 aliphatic heterocycles. The summed E-state index contributed by atoms with van der Waals surface area (Å²) in [5.74, 6) is -0.596. The first-order valence-electron chi connectivity index (χ1n) is 7.40. The third-order valence-corrected chi connectivity index (χ3v) is 3.40. The highest BCUT2D eigenvalue weighted by atomic mass is 16.5. The fraction of sp³-hybridized carbons (Fsp3) is 0.222. The van der Waals surface area contributed by atoms with Gasteiger partial charge in [-0.25, -0.2) is 4.79 Å². The lowest BCUT2D eigenvalue weighted by Crippen LogP contribution is -2.14. The van der Waals surface area contributed by atoms with E-state index in [0.29, 0.717) is 29.2 Å². The van der Waals surface area contributed by atoms with Gasteiger partial charge in [0.1, 0.15) is 5.75 Å². The van der Waals surface area contributed by atoms with Crippen LogP contribution in [0.25, 0.3) is 0 Å². The van der Waals surface area contributed by atoms with E-state index in [-0.39, 0.29) is 11.5 Å². The molecule has 23 heavy (non-hydrogen) atoms. The van der Waals surface area contributed by atoms with Gasteiger partial charge in [0.15, 0.2) is 0 Å². The van der Waals surface area contributed by atoms with Crippen LogP contribution in [0.1, 0.15) is 39.6 Å². The van der Waals surface area contributed by atoms with E-state index in [2.05, 4.69) is 5.32 Å². The van der Waals surface area contributed by atoms with Crippen molar-refractivity contribution in [1.82, 2.24) is 0 Å². The Bertz CT molecular complexity index is 707. The fourth-order valence-electron chi connectivity index (χ4n) is 2.12. The Morgan fingerprint density at radius 2 is 1.83 bits per heavy atom. The zero-order valence-corrected chi connectivity index (χ0v) is 13.1. The van der Waals surface area contributed by atoms with Gasteiger partial charge < -0.3 is 15.2 Å². The Hall–Kier alpha value is -2.82. The van der Waals surface area contributed by atoms with Crippen LogP contribution < -0.4 is 10.1 Å². The summed E-state index contributed by atoms with van der Waals surface area (Å²) in [5.41, 5.74) is 1.66. The lowest BCUT2D eigenvalue weighted by atomic mass is 10.1. The SMILES string of the molecule is CCCOc1ccc(C(=O)Nc2cccc(C(=O)O)c2C)cc1. The van der Waals surface area contributed by atoms with Crippen LogP contribution in [0.5, 0.6) is 5.75 Å². The van der Waals surface area contributed by atoms with Crippen LogP contribution in [-0.4, -0.2) is 23.6 Å². The molecule has 0 saturated heterocycles. The Morgan fingerprint density at radius 3 is 2.43 bits per heavy atom. The molecule has 0 aliphatic rings. The smallest absolute Gasteiger partial charge is 0.336 e. The quantitative estimate of drug-likeness (QED) is 0.852. The summed E-state index contributed by atoms with van der Waals surface area (Å²) in [6, 6.07) is 11.6. The maximum absolute atomic E-state index is 12.3. The molecule has 0 bridgehead atoms. The van der Waals surface area contributed by atoms with Gasteiger partial charge in [-0.05, 0) is 55.3 Å². The molecule has 2 aromatic carbocycles. The molecule has 0 spiro atoms. The highest BCUT2D eigenvalue weighted by Gasteiger charge is 2.13. The first kappa shape index (κ1) is 16.5. The van der Waals surface area contributed by atoms with Gasteiger partial charge in [-0.3, -0.25) is 4.79 Å². The first-order valence-corrected chi connectivity index (χ1v) is 7.40. The van der Waals surface area contributed by atoms with Crippen LogP contribution in [0.2, 0.25) is 0 Å². The van der Waals surface area contributed by atoms with Gasteiger partial charge in [-0.1, -0.05) is 13.0 Å². The number of ether oxygens (including phenoxy) is 1. The van der Waals surface area contributed by atoms with Gasteiger partial charge in [0.2, 0.25) is 0 Å². The molecule has 2 aromatic rings. The minimum Gasteiger partial charge on any atom is -0.494 e. The Kier molecular flexibility index (Phi) is 5.36. The van der Waals surface area contributed by atoms with Gasteiger partial charge in [-0.2, -0.15) is 0 Å². The summed E-state index contributed by atoms with van der Waals surface area (Å²) in [5, 5.41) is 11.9. The first-order chi connectivity index (χ1) is 11.0. The largest absolute Gasteiger partial charge is 0.494 e. The number of nitrogens with one attached hydrogen (secondary N) is 1. The van der Waals surface area contributed by atoms with Crippen molar-refractivity contribution in [1.29, 1.82) is 0 Å². The molecule has 2 rings (SSSR count). The molecular weight excluding hydrogens is 294 g/mol. The molecular formula is C18H19NO4. The number of hydrogen-bond acceptors (Lipinski definition) is 3. The van der Waals surface area contributed by atoms with E-state index in [4.69, 9.17) is 9.84 Å². The molecule has 2 N–H and O–H groups in total. The molecule has 0 radical (unpaired) electrons. The van der Waals surface area contributed by atoms with E-state index in [1.54, 1.807) is 43.3 Å². The predicted molar refractivity (Wildman–Crippen MR) is 88.3 cm³/mol. The van der Waals surface area contributed by atoms with Crippen LogP contribution in [0.4, 0.5) is 5.69 Å². The van der Waals surface area contributed by atoms with Crippen molar-refractivity contribution >= 4 is 17.6 Å². The van der Waals surface area contributed by atoms with Gasteiger partial charge in [0, 0.05) is 11.3 Å². The van der Waals surface area contributed by atoms with Crippen LogP contribution in [0.3, 0.4) is 0 Å². The molecule has 0 atom stereocenters. The van der Waals surface area contributed by atoms with Gasteiger partial charge >= 0.3 is 5.97 Å². The zero-order valence-electron chi connectivity index (χ0n) is 13.1. The van der Waals surface area contributed by atoms with Crippen molar-refractivity contribution in [3.63, 3.8) is 0 Å². The van der Waals surface area contributed by atoms with Crippen LogP contribution in [0, 0.1) is 6.92 Å². The predicted octanol–water partition coefficient (Wildman–Crippen LogP) is 3.73. The third-order valence-electron chi connectivity index (χ3n) is 3.40. The molecule has 0 saturated carbocycles. The molecule has 120 valence electrons. The standard InChI is InChI=1S/C18H19NO4/c1-3-11-23-14-9-7-13(8-10-14)17(20)19-16-6-4-5-15(12(16)2)18(21)22/h4-10H,3,11H2,1-2H3,(H,19,20)(H,21,22). The minimum absolute atomic E-state index is 0.172. The third kappa shape index (κ3) is 4.10. The summed E-state index contributed by atoms with van der Waals surface area (Å²) in [6.45, 7) is 4.32. The monoisotopic (exact) mass is 313 g/mol. The molecule has 5 nitrogen and oxygen atoms in total. The van der Waals surface area contributed by atoms with Crippen LogP contribution >= 0.6 is 0 Å². The number of hydrogen-bond donors (Lipinski definition) is 2. The second-order valence-electron chi connectivity index (χ2n) is 5.11. The summed E-state index contributed by atoms with van der Waals surface area (Å²) < 4.78 is 5.47. The van der Waals surface area contributed by atoms with E-state index >= 15 is 0 Å². The van der Waals surface area contributed by atoms with Crippen molar-refractivity contribution in [2.45, 2.75) is 20.3 Å². The lowest BCUT2D eigenvalue weighted by Gasteiger charge is -2.11. The number of amides is 1. The van der Waals surface area contributed by atoms with Gasteiger partial charge in [0.05, 0.1) is 12.2 Å². The number of carbonyl (C=O) groups excluding carboxylic acids is 1. The maximum Gasteiger partial charge on any atom is 0.336 e.